The topological polar surface area (TPSA) is 57.7 Å². The first kappa shape index (κ1) is 18.5. The lowest BCUT2D eigenvalue weighted by Gasteiger charge is -2.33. The average molecular weight is 412 g/mol. The van der Waals surface area contributed by atoms with E-state index in [0.29, 0.717) is 10.9 Å². The van der Waals surface area contributed by atoms with E-state index in [1.807, 2.05) is 6.07 Å². The second kappa shape index (κ2) is 6.96. The first-order valence-electron chi connectivity index (χ1n) is 8.72. The summed E-state index contributed by atoms with van der Waals surface area (Å²) in [6.45, 7) is 0.638. The molecule has 0 saturated carbocycles. The zero-order valence-electron chi connectivity index (χ0n) is 14.5. The number of nitrogens with zero attached hydrogens (tertiary/aromatic N) is 2. The van der Waals surface area contributed by atoms with E-state index < -0.39 is 26.6 Å². The highest BCUT2D eigenvalue weighted by molar-refractivity contribution is 7.89. The number of fused-ring (bicyclic) bond motifs is 1. The van der Waals surface area contributed by atoms with Crippen molar-refractivity contribution < 1.29 is 22.0 Å². The van der Waals surface area contributed by atoms with Gasteiger partial charge < -0.3 is 4.90 Å². The molecule has 9 heteroatoms. The lowest BCUT2D eigenvalue weighted by Crippen LogP contribution is -2.50. The van der Waals surface area contributed by atoms with E-state index in [1.165, 1.54) is 21.8 Å². The van der Waals surface area contributed by atoms with Crippen LogP contribution in [0.2, 0.25) is 0 Å². The van der Waals surface area contributed by atoms with E-state index in [9.17, 15) is 22.0 Å². The molecule has 2 aromatic rings. The van der Waals surface area contributed by atoms with Crippen LogP contribution in [0.3, 0.4) is 0 Å². The first-order chi connectivity index (χ1) is 12.9. The number of rotatable bonds is 3. The number of thiophene rings is 1. The van der Waals surface area contributed by atoms with E-state index in [-0.39, 0.29) is 32.1 Å². The molecule has 1 aliphatic carbocycles. The maximum atomic E-state index is 13.9. The minimum Gasteiger partial charge on any atom is -0.335 e. The Labute approximate surface area is 160 Å². The predicted molar refractivity (Wildman–Crippen MR) is 97.4 cm³/mol. The molecule has 1 fully saturated rings. The summed E-state index contributed by atoms with van der Waals surface area (Å²) < 4.78 is 53.3. The number of halogens is 2. The van der Waals surface area contributed by atoms with Crippen molar-refractivity contribution in [1.29, 1.82) is 0 Å². The minimum atomic E-state index is -4.06. The van der Waals surface area contributed by atoms with E-state index in [2.05, 4.69) is 0 Å². The van der Waals surface area contributed by atoms with Crippen molar-refractivity contribution >= 4 is 27.3 Å². The molecule has 4 rings (SSSR count). The Hall–Kier alpha value is -1.84. The van der Waals surface area contributed by atoms with E-state index in [1.54, 1.807) is 4.90 Å². The van der Waals surface area contributed by atoms with Gasteiger partial charge in [-0.25, -0.2) is 17.2 Å². The van der Waals surface area contributed by atoms with Crippen LogP contribution in [0.1, 0.15) is 26.5 Å². The molecule has 5 nitrogen and oxygen atoms in total. The number of hydrogen-bond acceptors (Lipinski definition) is 4. The molecule has 0 N–H and O–H groups in total. The Morgan fingerprint density at radius 3 is 2.44 bits per heavy atom. The van der Waals surface area contributed by atoms with Crippen LogP contribution in [-0.4, -0.2) is 49.7 Å². The third kappa shape index (κ3) is 3.39. The van der Waals surface area contributed by atoms with Crippen LogP contribution in [0.15, 0.2) is 29.2 Å². The third-order valence-electron chi connectivity index (χ3n) is 4.99. The minimum absolute atomic E-state index is 0.0793. The summed E-state index contributed by atoms with van der Waals surface area (Å²) >= 11 is 1.52. The molecule has 1 aromatic heterocycles. The molecule has 0 unspecified atom stereocenters. The molecule has 2 aliphatic rings. The van der Waals surface area contributed by atoms with Gasteiger partial charge in [0.1, 0.15) is 16.5 Å². The highest BCUT2D eigenvalue weighted by Gasteiger charge is 2.33. The van der Waals surface area contributed by atoms with Crippen LogP contribution >= 0.6 is 11.3 Å². The molecule has 0 spiro atoms. The van der Waals surface area contributed by atoms with Gasteiger partial charge >= 0.3 is 0 Å². The van der Waals surface area contributed by atoms with Gasteiger partial charge in [0.2, 0.25) is 10.0 Å². The van der Waals surface area contributed by atoms with Crippen LogP contribution in [0, 0.1) is 11.6 Å². The monoisotopic (exact) mass is 412 g/mol. The van der Waals surface area contributed by atoms with Gasteiger partial charge in [-0.05, 0) is 43.0 Å². The van der Waals surface area contributed by atoms with Gasteiger partial charge in [0.25, 0.3) is 5.91 Å². The number of carbonyl (C=O) groups excluding carboxylic acids is 1. The number of amides is 1. The zero-order valence-corrected chi connectivity index (χ0v) is 16.1. The highest BCUT2D eigenvalue weighted by atomic mass is 32.2. The lowest BCUT2D eigenvalue weighted by atomic mass is 10.2. The van der Waals surface area contributed by atoms with Crippen molar-refractivity contribution in [1.82, 2.24) is 9.21 Å². The van der Waals surface area contributed by atoms with E-state index in [0.717, 1.165) is 35.7 Å². The van der Waals surface area contributed by atoms with Crippen LogP contribution in [0.5, 0.6) is 0 Å². The van der Waals surface area contributed by atoms with Crippen molar-refractivity contribution in [2.45, 2.75) is 24.2 Å². The van der Waals surface area contributed by atoms with Crippen molar-refractivity contribution in [3.05, 3.63) is 51.2 Å². The van der Waals surface area contributed by atoms with Gasteiger partial charge in [-0.1, -0.05) is 0 Å². The van der Waals surface area contributed by atoms with E-state index >= 15 is 0 Å². The SMILES string of the molecule is O=C(c1cc2c(s1)CCC2)N1CCN(S(=O)(=O)c2ccc(F)cc2F)CC1. The Morgan fingerprint density at radius 2 is 1.78 bits per heavy atom. The molecule has 27 heavy (non-hydrogen) atoms. The maximum absolute atomic E-state index is 13.9. The van der Waals surface area contributed by atoms with Crippen LogP contribution < -0.4 is 0 Å². The number of piperazine rings is 1. The summed E-state index contributed by atoms with van der Waals surface area (Å²) in [5.74, 6) is -2.02. The van der Waals surface area contributed by atoms with Crippen molar-refractivity contribution in [2.75, 3.05) is 26.2 Å². The largest absolute Gasteiger partial charge is 0.335 e. The molecule has 0 radical (unpaired) electrons. The van der Waals surface area contributed by atoms with Gasteiger partial charge in [-0.3, -0.25) is 4.79 Å². The fourth-order valence-corrected chi connectivity index (χ4v) is 6.23. The lowest BCUT2D eigenvalue weighted by molar-refractivity contribution is 0.0702. The first-order valence-corrected chi connectivity index (χ1v) is 11.0. The number of hydrogen-bond donors (Lipinski definition) is 0. The molecule has 1 aromatic carbocycles. The summed E-state index contributed by atoms with van der Waals surface area (Å²) in [4.78, 5) is 15.7. The van der Waals surface area contributed by atoms with Crippen LogP contribution in [0.4, 0.5) is 8.78 Å². The van der Waals surface area contributed by atoms with Crippen molar-refractivity contribution in [2.24, 2.45) is 0 Å². The van der Waals surface area contributed by atoms with Crippen LogP contribution in [0.25, 0.3) is 0 Å². The number of sulfonamides is 1. The fourth-order valence-electron chi connectivity index (χ4n) is 3.55. The maximum Gasteiger partial charge on any atom is 0.264 e. The number of carbonyl (C=O) groups is 1. The molecule has 1 saturated heterocycles. The zero-order chi connectivity index (χ0) is 19.2. The Bertz CT molecular complexity index is 975. The molecule has 0 atom stereocenters. The second-order valence-electron chi connectivity index (χ2n) is 6.68. The summed E-state index contributed by atoms with van der Waals surface area (Å²) in [7, 11) is -4.06. The molecular weight excluding hydrogens is 394 g/mol. The average Bonchev–Trinajstić information content (AvgIpc) is 3.23. The number of aryl methyl sites for hydroxylation is 2. The van der Waals surface area contributed by atoms with Gasteiger partial charge in [0.15, 0.2) is 0 Å². The van der Waals surface area contributed by atoms with Gasteiger partial charge in [-0.15, -0.1) is 11.3 Å². The summed E-state index contributed by atoms with van der Waals surface area (Å²) in [6, 6.07) is 4.37. The third-order valence-corrected chi connectivity index (χ3v) is 8.15. The van der Waals surface area contributed by atoms with Crippen LogP contribution in [-0.2, 0) is 22.9 Å². The smallest absolute Gasteiger partial charge is 0.264 e. The molecule has 1 aliphatic heterocycles. The molecule has 2 heterocycles. The fraction of sp³-hybridized carbons (Fsp3) is 0.389. The molecule has 0 bridgehead atoms. The Balaban J connectivity index is 1.45. The van der Waals surface area contributed by atoms with Crippen molar-refractivity contribution in [3.8, 4) is 0 Å². The van der Waals surface area contributed by atoms with Gasteiger partial charge in [0, 0.05) is 37.1 Å². The van der Waals surface area contributed by atoms with Gasteiger partial charge in [-0.2, -0.15) is 4.31 Å². The summed E-state index contributed by atoms with van der Waals surface area (Å²) in [6.07, 6.45) is 3.16. The quantitative estimate of drug-likeness (QED) is 0.779. The van der Waals surface area contributed by atoms with Crippen molar-refractivity contribution in [3.63, 3.8) is 0 Å². The Kier molecular flexibility index (Phi) is 4.77. The normalized spacial score (nSPS) is 17.9. The molecular formula is C18H18F2N2O3S2. The van der Waals surface area contributed by atoms with Gasteiger partial charge in [0.05, 0.1) is 4.88 Å². The van der Waals surface area contributed by atoms with E-state index in [4.69, 9.17) is 0 Å². The Morgan fingerprint density at radius 1 is 1.04 bits per heavy atom. The highest BCUT2D eigenvalue weighted by Crippen LogP contribution is 2.31. The predicted octanol–water partition coefficient (Wildman–Crippen LogP) is 2.66. The second-order valence-corrected chi connectivity index (χ2v) is 9.73. The number of benzene rings is 1. The standard InChI is InChI=1S/C18H18F2N2O3S2/c19-13-4-5-17(14(20)11-13)27(24,25)22-8-6-21(7-9-22)18(23)16-10-12-2-1-3-15(12)26-16/h4-5,10-11H,1-3,6-9H2. The summed E-state index contributed by atoms with van der Waals surface area (Å²) in [5, 5.41) is 0. The molecule has 144 valence electrons. The molecule has 1 amide bonds. The summed E-state index contributed by atoms with van der Waals surface area (Å²) in [5.41, 5.74) is 1.25.